The number of aromatic hydroxyl groups is 1. The van der Waals surface area contributed by atoms with Crippen LogP contribution in [0, 0.1) is 0 Å². The van der Waals surface area contributed by atoms with Gasteiger partial charge in [0, 0.05) is 11.1 Å². The van der Waals surface area contributed by atoms with Crippen LogP contribution >= 0.6 is 0 Å². The molecule has 1 unspecified atom stereocenters. The smallest absolute Gasteiger partial charge is 0.312 e. The number of primary amides is 1. The van der Waals surface area contributed by atoms with Crippen molar-refractivity contribution in [3.05, 3.63) is 65.7 Å². The van der Waals surface area contributed by atoms with Gasteiger partial charge in [0.15, 0.2) is 0 Å². The van der Waals surface area contributed by atoms with Gasteiger partial charge in [-0.15, -0.1) is 0 Å². The van der Waals surface area contributed by atoms with Crippen LogP contribution in [-0.2, 0) is 0 Å². The fourth-order valence-corrected chi connectivity index (χ4v) is 3.10. The monoisotopic (exact) mass is 352 g/mol. The number of hydrogen-bond donors (Lipinski definition) is 3. The van der Waals surface area contributed by atoms with Gasteiger partial charge < -0.3 is 25.6 Å². The molecule has 2 amide bonds. The van der Waals surface area contributed by atoms with E-state index in [1.807, 2.05) is 30.3 Å². The zero-order valence-electron chi connectivity index (χ0n) is 14.5. The number of phenols is 1. The molecular formula is C20H20N2O4. The van der Waals surface area contributed by atoms with Crippen LogP contribution in [-0.4, -0.2) is 25.4 Å². The van der Waals surface area contributed by atoms with Crippen molar-refractivity contribution in [3.8, 4) is 17.2 Å². The molecule has 134 valence electrons. The summed E-state index contributed by atoms with van der Waals surface area (Å²) in [6, 6.07) is 14.8. The molecule has 0 radical (unpaired) electrons. The lowest BCUT2D eigenvalue weighted by molar-refractivity contribution is 0.246. The number of hydrogen-bond acceptors (Lipinski definition) is 4. The molecule has 0 aliphatic carbocycles. The second-order valence-corrected chi connectivity index (χ2v) is 5.77. The highest BCUT2D eigenvalue weighted by molar-refractivity contribution is 5.89. The van der Waals surface area contributed by atoms with Crippen molar-refractivity contribution in [2.24, 2.45) is 5.73 Å². The first-order valence-corrected chi connectivity index (χ1v) is 8.03. The largest absolute Gasteiger partial charge is 0.508 e. The Hall–Kier alpha value is -3.41. The molecule has 0 aliphatic rings. The van der Waals surface area contributed by atoms with Crippen molar-refractivity contribution in [2.45, 2.75) is 6.04 Å². The third kappa shape index (κ3) is 3.21. The van der Waals surface area contributed by atoms with Crippen LogP contribution < -0.4 is 20.5 Å². The summed E-state index contributed by atoms with van der Waals surface area (Å²) in [4.78, 5) is 11.7. The van der Waals surface area contributed by atoms with E-state index in [1.54, 1.807) is 31.4 Å². The summed E-state index contributed by atoms with van der Waals surface area (Å²) in [6.45, 7) is 0. The number of ether oxygens (including phenoxy) is 2. The fourth-order valence-electron chi connectivity index (χ4n) is 3.10. The maximum absolute atomic E-state index is 11.7. The van der Waals surface area contributed by atoms with Gasteiger partial charge in [-0.1, -0.05) is 30.3 Å². The van der Waals surface area contributed by atoms with Crippen LogP contribution in [0.5, 0.6) is 17.2 Å². The molecule has 0 heterocycles. The van der Waals surface area contributed by atoms with Gasteiger partial charge >= 0.3 is 6.03 Å². The quantitative estimate of drug-likeness (QED) is 0.656. The Kier molecular flexibility index (Phi) is 4.84. The summed E-state index contributed by atoms with van der Waals surface area (Å²) in [5, 5.41) is 15.0. The Labute approximate surface area is 151 Å². The zero-order valence-corrected chi connectivity index (χ0v) is 14.5. The molecule has 0 spiro atoms. The van der Waals surface area contributed by atoms with E-state index in [4.69, 9.17) is 15.2 Å². The molecule has 6 heteroatoms. The summed E-state index contributed by atoms with van der Waals surface area (Å²) in [5.74, 6) is 1.18. The maximum Gasteiger partial charge on any atom is 0.312 e. The number of carbonyl (C=O) groups excluding carboxylic acids is 1. The molecule has 3 aromatic carbocycles. The van der Waals surface area contributed by atoms with E-state index in [2.05, 4.69) is 5.32 Å². The number of urea groups is 1. The Bertz CT molecular complexity index is 956. The van der Waals surface area contributed by atoms with E-state index in [0.717, 1.165) is 10.8 Å². The molecule has 0 fully saturated rings. The van der Waals surface area contributed by atoms with Gasteiger partial charge in [-0.2, -0.15) is 0 Å². The first-order valence-electron chi connectivity index (χ1n) is 8.03. The first kappa shape index (κ1) is 17.4. The minimum atomic E-state index is -0.719. The van der Waals surface area contributed by atoms with Gasteiger partial charge in [0.2, 0.25) is 0 Å². The van der Waals surface area contributed by atoms with Crippen molar-refractivity contribution in [1.82, 2.24) is 5.32 Å². The summed E-state index contributed by atoms with van der Waals surface area (Å²) >= 11 is 0. The normalized spacial score (nSPS) is 11.8. The van der Waals surface area contributed by atoms with Gasteiger partial charge in [-0.25, -0.2) is 4.79 Å². The molecule has 0 aliphatic heterocycles. The molecular weight excluding hydrogens is 332 g/mol. The van der Waals surface area contributed by atoms with E-state index in [-0.39, 0.29) is 5.75 Å². The van der Waals surface area contributed by atoms with Crippen molar-refractivity contribution >= 4 is 16.8 Å². The third-order valence-corrected chi connectivity index (χ3v) is 4.27. The second kappa shape index (κ2) is 7.23. The van der Waals surface area contributed by atoms with Gasteiger partial charge in [0.1, 0.15) is 17.2 Å². The predicted molar refractivity (Wildman–Crippen MR) is 99.7 cm³/mol. The Morgan fingerprint density at radius 1 is 1.08 bits per heavy atom. The number of carbonyl (C=O) groups is 1. The molecule has 3 aromatic rings. The van der Waals surface area contributed by atoms with Crippen LogP contribution in [0.3, 0.4) is 0 Å². The summed E-state index contributed by atoms with van der Waals surface area (Å²) in [5.41, 5.74) is 6.58. The number of rotatable bonds is 5. The maximum atomic E-state index is 11.7. The van der Waals surface area contributed by atoms with Crippen molar-refractivity contribution in [1.29, 1.82) is 0 Å². The average Bonchev–Trinajstić information content (AvgIpc) is 2.65. The molecule has 0 aromatic heterocycles. The Balaban J connectivity index is 2.30. The minimum Gasteiger partial charge on any atom is -0.508 e. The van der Waals surface area contributed by atoms with Gasteiger partial charge in [-0.3, -0.25) is 0 Å². The number of amides is 2. The highest BCUT2D eigenvalue weighted by Crippen LogP contribution is 2.40. The molecule has 3 rings (SSSR count). The standard InChI is InChI=1S/C20H20N2O4/c1-25-13-8-10-17(26-2)15(11-13)19(22-20(21)24)18-14-6-4-3-5-12(14)7-9-16(18)23/h3-11,19,23H,1-2H3,(H3,21,22,24). The highest BCUT2D eigenvalue weighted by Gasteiger charge is 2.25. The molecule has 1 atom stereocenters. The number of nitrogens with two attached hydrogens (primary N) is 1. The second-order valence-electron chi connectivity index (χ2n) is 5.77. The van der Waals surface area contributed by atoms with Crippen LogP contribution in [0.2, 0.25) is 0 Å². The van der Waals surface area contributed by atoms with Crippen LogP contribution in [0.15, 0.2) is 54.6 Å². The van der Waals surface area contributed by atoms with E-state index in [0.29, 0.717) is 22.6 Å². The molecule has 6 nitrogen and oxygen atoms in total. The summed E-state index contributed by atoms with van der Waals surface area (Å²) in [7, 11) is 3.09. The number of phenolic OH excluding ortho intramolecular Hbond substituents is 1. The van der Waals surface area contributed by atoms with Crippen LogP contribution in [0.1, 0.15) is 17.2 Å². The number of methoxy groups -OCH3 is 2. The van der Waals surface area contributed by atoms with Gasteiger partial charge in [0.05, 0.1) is 20.3 Å². The summed E-state index contributed by atoms with van der Waals surface area (Å²) < 4.78 is 10.8. The van der Waals surface area contributed by atoms with E-state index >= 15 is 0 Å². The molecule has 4 N–H and O–H groups in total. The van der Waals surface area contributed by atoms with E-state index < -0.39 is 12.1 Å². The molecule has 0 saturated heterocycles. The number of fused-ring (bicyclic) bond motifs is 1. The van der Waals surface area contributed by atoms with Crippen LogP contribution in [0.4, 0.5) is 4.79 Å². The van der Waals surface area contributed by atoms with Gasteiger partial charge in [-0.05, 0) is 35.0 Å². The molecule has 0 saturated carbocycles. The Morgan fingerprint density at radius 2 is 1.85 bits per heavy atom. The molecule has 26 heavy (non-hydrogen) atoms. The topological polar surface area (TPSA) is 93.8 Å². The van der Waals surface area contributed by atoms with E-state index in [9.17, 15) is 9.90 Å². The minimum absolute atomic E-state index is 0.0484. The number of nitrogens with one attached hydrogen (secondary N) is 1. The SMILES string of the molecule is COc1ccc(OC)c(C(NC(N)=O)c2c(O)ccc3ccccc23)c1. The molecule has 0 bridgehead atoms. The first-order chi connectivity index (χ1) is 12.5. The van der Waals surface area contributed by atoms with Crippen LogP contribution in [0.25, 0.3) is 10.8 Å². The van der Waals surface area contributed by atoms with Crippen molar-refractivity contribution in [2.75, 3.05) is 14.2 Å². The predicted octanol–water partition coefficient (Wildman–Crippen LogP) is 3.32. The number of benzene rings is 3. The van der Waals surface area contributed by atoms with Crippen molar-refractivity contribution in [3.63, 3.8) is 0 Å². The lowest BCUT2D eigenvalue weighted by Gasteiger charge is -2.23. The summed E-state index contributed by atoms with van der Waals surface area (Å²) in [6.07, 6.45) is 0. The lowest BCUT2D eigenvalue weighted by Crippen LogP contribution is -2.34. The fraction of sp³-hybridized carbons (Fsp3) is 0.150. The third-order valence-electron chi connectivity index (χ3n) is 4.27. The van der Waals surface area contributed by atoms with Crippen molar-refractivity contribution < 1.29 is 19.4 Å². The average molecular weight is 352 g/mol. The zero-order chi connectivity index (χ0) is 18.7. The highest BCUT2D eigenvalue weighted by atomic mass is 16.5. The van der Waals surface area contributed by atoms with Gasteiger partial charge in [0.25, 0.3) is 0 Å². The Morgan fingerprint density at radius 3 is 2.54 bits per heavy atom. The van der Waals surface area contributed by atoms with E-state index in [1.165, 1.54) is 7.11 Å². The lowest BCUT2D eigenvalue weighted by atomic mass is 9.92.